The standard InChI is InChI=1S/C54H53N3O/c1-52(2,3)40-26-27-47(43(32-40)36-20-14-11-15-21-36)57-48-25-17-24-42(38-22-16-23-39(30-38)46-31-37(28-29-55-46)35-18-12-10-13-19-35)49(48)56-51(57)44-33-41(53(4,5)6)34-45(50(44)58)54(7,8)9/h10-34,58H,1-9H3. The van der Waals surface area contributed by atoms with Gasteiger partial charge in [-0.1, -0.05) is 165 Å². The highest BCUT2D eigenvalue weighted by Gasteiger charge is 2.29. The minimum atomic E-state index is -0.308. The van der Waals surface area contributed by atoms with Crippen molar-refractivity contribution in [2.45, 2.75) is 78.6 Å². The van der Waals surface area contributed by atoms with Gasteiger partial charge in [-0.05, 0) is 92.1 Å². The number of imidazole rings is 1. The van der Waals surface area contributed by atoms with E-state index in [9.17, 15) is 5.11 Å². The van der Waals surface area contributed by atoms with Crippen LogP contribution in [-0.2, 0) is 16.2 Å². The molecule has 0 fully saturated rings. The maximum Gasteiger partial charge on any atom is 0.149 e. The van der Waals surface area contributed by atoms with Crippen LogP contribution in [0.1, 0.15) is 79.0 Å². The van der Waals surface area contributed by atoms with Crippen LogP contribution >= 0.6 is 0 Å². The maximum absolute atomic E-state index is 12.4. The Bertz CT molecular complexity index is 2770. The highest BCUT2D eigenvalue weighted by Crippen LogP contribution is 2.46. The van der Waals surface area contributed by atoms with Crippen molar-refractivity contribution in [1.82, 2.24) is 14.5 Å². The van der Waals surface area contributed by atoms with E-state index in [0.29, 0.717) is 11.4 Å². The summed E-state index contributed by atoms with van der Waals surface area (Å²) in [5, 5.41) is 12.4. The van der Waals surface area contributed by atoms with Crippen molar-refractivity contribution in [2.75, 3.05) is 0 Å². The van der Waals surface area contributed by atoms with Crippen LogP contribution in [0.2, 0.25) is 0 Å². The van der Waals surface area contributed by atoms with Crippen LogP contribution in [0.3, 0.4) is 0 Å². The van der Waals surface area contributed by atoms with Crippen LogP contribution in [-0.4, -0.2) is 19.6 Å². The average molecular weight is 760 g/mol. The van der Waals surface area contributed by atoms with Crippen LogP contribution in [0.4, 0.5) is 0 Å². The molecule has 4 heteroatoms. The van der Waals surface area contributed by atoms with Crippen LogP contribution in [0.5, 0.6) is 5.75 Å². The second-order valence-electron chi connectivity index (χ2n) is 18.6. The zero-order valence-corrected chi connectivity index (χ0v) is 35.2. The van der Waals surface area contributed by atoms with Crippen molar-refractivity contribution >= 4 is 11.0 Å². The second-order valence-corrected chi connectivity index (χ2v) is 18.6. The molecule has 4 nitrogen and oxygen atoms in total. The summed E-state index contributed by atoms with van der Waals surface area (Å²) in [4.78, 5) is 10.4. The highest BCUT2D eigenvalue weighted by molar-refractivity contribution is 5.97. The molecule has 0 radical (unpaired) electrons. The lowest BCUT2D eigenvalue weighted by molar-refractivity contribution is 0.446. The van der Waals surface area contributed by atoms with E-state index in [1.165, 1.54) is 5.56 Å². The highest BCUT2D eigenvalue weighted by atomic mass is 16.3. The van der Waals surface area contributed by atoms with Crippen LogP contribution in [0, 0.1) is 0 Å². The van der Waals surface area contributed by atoms with E-state index in [0.717, 1.165) is 72.5 Å². The Morgan fingerprint density at radius 2 is 1.09 bits per heavy atom. The maximum atomic E-state index is 12.4. The number of nitrogens with zero attached hydrogens (tertiary/aromatic N) is 3. The van der Waals surface area contributed by atoms with Gasteiger partial charge < -0.3 is 5.11 Å². The Kier molecular flexibility index (Phi) is 9.72. The second kappa shape index (κ2) is 14.6. The number of hydrogen-bond donors (Lipinski definition) is 1. The molecule has 0 aliphatic carbocycles. The number of phenols is 1. The summed E-state index contributed by atoms with van der Waals surface area (Å²) in [5.41, 5.74) is 14.8. The number of aromatic hydroxyl groups is 1. The summed E-state index contributed by atoms with van der Waals surface area (Å²) in [6.07, 6.45) is 1.89. The largest absolute Gasteiger partial charge is 0.507 e. The zero-order valence-electron chi connectivity index (χ0n) is 35.2. The van der Waals surface area contributed by atoms with Crippen LogP contribution in [0.15, 0.2) is 152 Å². The van der Waals surface area contributed by atoms with Crippen LogP contribution in [0.25, 0.3) is 72.7 Å². The Balaban J connectivity index is 1.42. The lowest BCUT2D eigenvalue weighted by Gasteiger charge is -2.28. The van der Waals surface area contributed by atoms with E-state index in [1.807, 2.05) is 12.3 Å². The number of rotatable bonds is 6. The van der Waals surface area contributed by atoms with Gasteiger partial charge >= 0.3 is 0 Å². The first kappa shape index (κ1) is 38.6. The molecule has 58 heavy (non-hydrogen) atoms. The molecule has 0 atom stereocenters. The molecule has 2 aromatic heterocycles. The Morgan fingerprint density at radius 3 is 1.76 bits per heavy atom. The van der Waals surface area contributed by atoms with Crippen molar-refractivity contribution < 1.29 is 5.11 Å². The fourth-order valence-electron chi connectivity index (χ4n) is 7.86. The van der Waals surface area contributed by atoms with E-state index in [1.54, 1.807) is 0 Å². The molecule has 2 heterocycles. The molecule has 6 aromatic carbocycles. The Morgan fingerprint density at radius 1 is 0.466 bits per heavy atom. The fourth-order valence-corrected chi connectivity index (χ4v) is 7.86. The average Bonchev–Trinajstić information content (AvgIpc) is 3.59. The summed E-state index contributed by atoms with van der Waals surface area (Å²) >= 11 is 0. The van der Waals surface area contributed by atoms with Crippen molar-refractivity contribution in [3.8, 4) is 67.5 Å². The van der Waals surface area contributed by atoms with Crippen molar-refractivity contribution in [3.05, 3.63) is 168 Å². The molecule has 290 valence electrons. The third kappa shape index (κ3) is 7.36. The van der Waals surface area contributed by atoms with Gasteiger partial charge in [0.05, 0.1) is 28.0 Å². The molecule has 0 saturated heterocycles. The monoisotopic (exact) mass is 759 g/mol. The van der Waals surface area contributed by atoms with E-state index < -0.39 is 0 Å². The van der Waals surface area contributed by atoms with Gasteiger partial charge in [0.2, 0.25) is 0 Å². The minimum absolute atomic E-state index is 0.0591. The topological polar surface area (TPSA) is 50.9 Å². The first-order chi connectivity index (χ1) is 27.6. The van der Waals surface area contributed by atoms with Gasteiger partial charge in [0.15, 0.2) is 0 Å². The number of aromatic nitrogens is 3. The Labute approximate surface area is 343 Å². The number of para-hydroxylation sites is 1. The summed E-state index contributed by atoms with van der Waals surface area (Å²) in [6, 6.07) is 51.4. The third-order valence-corrected chi connectivity index (χ3v) is 11.2. The third-order valence-electron chi connectivity index (χ3n) is 11.2. The van der Waals surface area contributed by atoms with Gasteiger partial charge in [0.1, 0.15) is 11.6 Å². The molecular formula is C54H53N3O. The van der Waals surface area contributed by atoms with E-state index in [-0.39, 0.29) is 22.0 Å². The number of fused-ring (bicyclic) bond motifs is 1. The number of benzene rings is 6. The van der Waals surface area contributed by atoms with Gasteiger partial charge in [0.25, 0.3) is 0 Å². The molecule has 0 spiro atoms. The molecule has 0 unspecified atom stereocenters. The minimum Gasteiger partial charge on any atom is -0.507 e. The molecule has 0 aliphatic rings. The van der Waals surface area contributed by atoms with Crippen molar-refractivity contribution in [1.29, 1.82) is 0 Å². The first-order valence-corrected chi connectivity index (χ1v) is 20.3. The number of phenolic OH excluding ortho intramolecular Hbond substituents is 1. The van der Waals surface area contributed by atoms with Crippen molar-refractivity contribution in [3.63, 3.8) is 0 Å². The first-order valence-electron chi connectivity index (χ1n) is 20.3. The molecule has 1 N–H and O–H groups in total. The normalized spacial score (nSPS) is 12.3. The summed E-state index contributed by atoms with van der Waals surface area (Å²) in [5.74, 6) is 0.961. The lowest BCUT2D eigenvalue weighted by atomic mass is 9.79. The van der Waals surface area contributed by atoms with Crippen LogP contribution < -0.4 is 0 Å². The van der Waals surface area contributed by atoms with E-state index in [2.05, 4.69) is 206 Å². The molecule has 8 aromatic rings. The number of pyridine rings is 1. The summed E-state index contributed by atoms with van der Waals surface area (Å²) in [6.45, 7) is 19.9. The fraction of sp³-hybridized carbons (Fsp3) is 0.222. The van der Waals surface area contributed by atoms with Crippen molar-refractivity contribution in [2.24, 2.45) is 0 Å². The molecule has 0 aliphatic heterocycles. The summed E-state index contributed by atoms with van der Waals surface area (Å²) in [7, 11) is 0. The molecular weight excluding hydrogens is 707 g/mol. The van der Waals surface area contributed by atoms with Gasteiger partial charge in [-0.25, -0.2) is 4.98 Å². The van der Waals surface area contributed by atoms with Gasteiger partial charge in [-0.3, -0.25) is 9.55 Å². The molecule has 0 amide bonds. The SMILES string of the molecule is CC(C)(C)c1ccc(-n2c(-c3cc(C(C)(C)C)cc(C(C)(C)C)c3O)nc3c(-c4cccc(-c5cc(-c6ccccc6)ccn5)c4)cccc32)c(-c2ccccc2)c1. The van der Waals surface area contributed by atoms with E-state index >= 15 is 0 Å². The summed E-state index contributed by atoms with van der Waals surface area (Å²) < 4.78 is 2.27. The predicted octanol–water partition coefficient (Wildman–Crippen LogP) is 14.4. The quantitative estimate of drug-likeness (QED) is 0.184. The van der Waals surface area contributed by atoms with Gasteiger partial charge in [-0.2, -0.15) is 0 Å². The lowest BCUT2D eigenvalue weighted by Crippen LogP contribution is -2.17. The molecule has 0 bridgehead atoms. The molecule has 8 rings (SSSR count). The predicted molar refractivity (Wildman–Crippen MR) is 244 cm³/mol. The van der Waals surface area contributed by atoms with Gasteiger partial charge in [-0.15, -0.1) is 0 Å². The zero-order chi connectivity index (χ0) is 41.0. The Hall–Kier alpha value is -6.26. The number of hydrogen-bond acceptors (Lipinski definition) is 3. The van der Waals surface area contributed by atoms with E-state index in [4.69, 9.17) is 9.97 Å². The molecule has 0 saturated carbocycles. The van der Waals surface area contributed by atoms with Gasteiger partial charge in [0, 0.05) is 28.5 Å². The smallest absolute Gasteiger partial charge is 0.149 e.